The number of aldehydes is 1. The average molecular weight is 275 g/mol. The van der Waals surface area contributed by atoms with Crippen LogP contribution in [0.4, 0.5) is 18.9 Å². The number of benzene rings is 1. The van der Waals surface area contributed by atoms with E-state index >= 15 is 0 Å². The van der Waals surface area contributed by atoms with Crippen LogP contribution >= 0.6 is 11.8 Å². The molecule has 1 amide bonds. The highest BCUT2D eigenvalue weighted by molar-refractivity contribution is 8.01. The second kappa shape index (κ2) is 4.64. The van der Waals surface area contributed by atoms with Crippen molar-refractivity contribution in [2.24, 2.45) is 0 Å². The molecule has 1 unspecified atom stereocenters. The summed E-state index contributed by atoms with van der Waals surface area (Å²) in [6, 6.07) is 3.17. The lowest BCUT2D eigenvalue weighted by Gasteiger charge is -2.23. The van der Waals surface area contributed by atoms with Crippen LogP contribution in [-0.4, -0.2) is 17.4 Å². The molecule has 96 valence electrons. The summed E-state index contributed by atoms with van der Waals surface area (Å²) in [5, 5.41) is 1.81. The number of carbonyl (C=O) groups excluding carboxylic acids is 2. The van der Waals surface area contributed by atoms with Gasteiger partial charge in [0.15, 0.2) is 0 Å². The van der Waals surface area contributed by atoms with Gasteiger partial charge in [0.25, 0.3) is 0 Å². The summed E-state index contributed by atoms with van der Waals surface area (Å²) in [6.07, 6.45) is -3.78. The summed E-state index contributed by atoms with van der Waals surface area (Å²) in [7, 11) is 0. The lowest BCUT2D eigenvalue weighted by atomic mass is 10.2. The van der Waals surface area contributed by atoms with Crippen molar-refractivity contribution in [1.82, 2.24) is 0 Å². The molecule has 1 N–H and O–H groups in total. The molecule has 1 aromatic rings. The topological polar surface area (TPSA) is 46.2 Å². The van der Waals surface area contributed by atoms with Gasteiger partial charge < -0.3 is 10.1 Å². The molecule has 3 nitrogen and oxygen atoms in total. The van der Waals surface area contributed by atoms with Crippen LogP contribution in [0.25, 0.3) is 0 Å². The molecule has 2 rings (SSSR count). The fourth-order valence-corrected chi connectivity index (χ4v) is 2.60. The van der Waals surface area contributed by atoms with Gasteiger partial charge in [-0.3, -0.25) is 4.79 Å². The SMILES string of the molecule is O=CCC1Sc2ccc(C(F)(F)F)cc2NC1=O. The van der Waals surface area contributed by atoms with E-state index < -0.39 is 22.9 Å². The Morgan fingerprint density at radius 3 is 2.72 bits per heavy atom. The molecule has 1 atom stereocenters. The smallest absolute Gasteiger partial charge is 0.324 e. The summed E-state index contributed by atoms with van der Waals surface area (Å²) < 4.78 is 37.5. The fourth-order valence-electron chi connectivity index (χ4n) is 1.57. The number of hydrogen-bond donors (Lipinski definition) is 1. The molecule has 1 aliphatic heterocycles. The summed E-state index contributed by atoms with van der Waals surface area (Å²) in [5.74, 6) is -0.445. The number of hydrogen-bond acceptors (Lipinski definition) is 3. The molecule has 0 aromatic heterocycles. The second-order valence-electron chi connectivity index (χ2n) is 3.71. The highest BCUT2D eigenvalue weighted by atomic mass is 32.2. The van der Waals surface area contributed by atoms with Crippen LogP contribution in [0.3, 0.4) is 0 Å². The molecule has 0 saturated heterocycles. The molecule has 0 spiro atoms. The van der Waals surface area contributed by atoms with E-state index in [1.807, 2.05) is 0 Å². The highest BCUT2D eigenvalue weighted by Gasteiger charge is 2.33. The Bertz CT molecular complexity index is 502. The molecule has 0 fully saturated rings. The number of amides is 1. The van der Waals surface area contributed by atoms with Crippen molar-refractivity contribution < 1.29 is 22.8 Å². The Balaban J connectivity index is 2.32. The maximum absolute atomic E-state index is 12.5. The largest absolute Gasteiger partial charge is 0.416 e. The lowest BCUT2D eigenvalue weighted by Crippen LogP contribution is -2.29. The third-order valence-corrected chi connectivity index (χ3v) is 3.74. The summed E-state index contributed by atoms with van der Waals surface area (Å²) >= 11 is 1.10. The Morgan fingerprint density at radius 1 is 1.39 bits per heavy atom. The van der Waals surface area contributed by atoms with Crippen LogP contribution in [0.5, 0.6) is 0 Å². The number of nitrogens with one attached hydrogen (secondary N) is 1. The van der Waals surface area contributed by atoms with Crippen LogP contribution in [0.15, 0.2) is 23.1 Å². The van der Waals surface area contributed by atoms with Crippen molar-refractivity contribution in [1.29, 1.82) is 0 Å². The lowest BCUT2D eigenvalue weighted by molar-refractivity contribution is -0.137. The minimum atomic E-state index is -4.44. The molecular formula is C11H8F3NO2S. The quantitative estimate of drug-likeness (QED) is 0.844. The van der Waals surface area contributed by atoms with Crippen molar-refractivity contribution in [2.75, 3.05) is 5.32 Å². The van der Waals surface area contributed by atoms with Crippen molar-refractivity contribution in [3.8, 4) is 0 Å². The number of rotatable bonds is 2. The molecule has 0 bridgehead atoms. The second-order valence-corrected chi connectivity index (χ2v) is 4.95. The zero-order valence-corrected chi connectivity index (χ0v) is 9.77. The van der Waals surface area contributed by atoms with Crippen LogP contribution in [0.2, 0.25) is 0 Å². The molecular weight excluding hydrogens is 267 g/mol. The molecule has 0 aliphatic carbocycles. The third-order valence-electron chi connectivity index (χ3n) is 2.44. The Kier molecular flexibility index (Phi) is 3.34. The Morgan fingerprint density at radius 2 is 2.11 bits per heavy atom. The van der Waals surface area contributed by atoms with Crippen LogP contribution in [-0.2, 0) is 15.8 Å². The number of thioether (sulfide) groups is 1. The zero-order valence-electron chi connectivity index (χ0n) is 8.95. The normalized spacial score (nSPS) is 19.1. The maximum atomic E-state index is 12.5. The number of anilines is 1. The highest BCUT2D eigenvalue weighted by Crippen LogP contribution is 2.40. The van der Waals surface area contributed by atoms with E-state index in [0.29, 0.717) is 11.2 Å². The van der Waals surface area contributed by atoms with Crippen molar-refractivity contribution >= 4 is 29.6 Å². The van der Waals surface area contributed by atoms with Gasteiger partial charge >= 0.3 is 6.18 Å². The minimum absolute atomic E-state index is 0.0387. The summed E-state index contributed by atoms with van der Waals surface area (Å²) in [5.41, 5.74) is -0.669. The van der Waals surface area contributed by atoms with Gasteiger partial charge in [-0.1, -0.05) is 0 Å². The van der Waals surface area contributed by atoms with Gasteiger partial charge in [0, 0.05) is 11.3 Å². The minimum Gasteiger partial charge on any atom is -0.324 e. The van der Waals surface area contributed by atoms with Gasteiger partial charge in [-0.15, -0.1) is 11.8 Å². The monoisotopic (exact) mass is 275 g/mol. The standard InChI is InChI=1S/C11H8F3NO2S/c12-11(13,14)6-1-2-8-7(5-6)15-10(17)9(18-8)3-4-16/h1-2,4-5,9H,3H2,(H,15,17). The third kappa shape index (κ3) is 2.50. The molecule has 1 heterocycles. The van der Waals surface area contributed by atoms with Gasteiger partial charge in [0.2, 0.25) is 5.91 Å². The van der Waals surface area contributed by atoms with Crippen molar-refractivity contribution in [3.05, 3.63) is 23.8 Å². The van der Waals surface area contributed by atoms with E-state index in [4.69, 9.17) is 0 Å². The van der Waals surface area contributed by atoms with Gasteiger partial charge in [0.05, 0.1) is 16.5 Å². The first-order valence-electron chi connectivity index (χ1n) is 5.04. The number of halogens is 3. The van der Waals surface area contributed by atoms with Gasteiger partial charge in [-0.05, 0) is 18.2 Å². The van der Waals surface area contributed by atoms with E-state index in [-0.39, 0.29) is 12.1 Å². The average Bonchev–Trinajstić information content (AvgIpc) is 2.28. The summed E-state index contributed by atoms with van der Waals surface area (Å²) in [6.45, 7) is 0. The van der Waals surface area contributed by atoms with Crippen LogP contribution in [0, 0.1) is 0 Å². The molecule has 1 aliphatic rings. The Hall–Kier alpha value is -1.50. The number of alkyl halides is 3. The number of fused-ring (bicyclic) bond motifs is 1. The Labute approximate surface area is 105 Å². The first-order valence-corrected chi connectivity index (χ1v) is 5.92. The maximum Gasteiger partial charge on any atom is 0.416 e. The molecule has 18 heavy (non-hydrogen) atoms. The van der Waals surface area contributed by atoms with E-state index in [1.165, 1.54) is 6.07 Å². The molecule has 7 heteroatoms. The van der Waals surface area contributed by atoms with Crippen LogP contribution in [0.1, 0.15) is 12.0 Å². The van der Waals surface area contributed by atoms with Gasteiger partial charge in [-0.2, -0.15) is 13.2 Å². The fraction of sp³-hybridized carbons (Fsp3) is 0.273. The zero-order chi connectivity index (χ0) is 13.3. The van der Waals surface area contributed by atoms with E-state index in [9.17, 15) is 22.8 Å². The predicted octanol–water partition coefficient (Wildman–Crippen LogP) is 2.71. The first kappa shape index (κ1) is 12.9. The molecule has 0 radical (unpaired) electrons. The first-order chi connectivity index (χ1) is 8.41. The van der Waals surface area contributed by atoms with E-state index in [2.05, 4.69) is 5.32 Å². The van der Waals surface area contributed by atoms with Crippen LogP contribution < -0.4 is 5.32 Å². The number of carbonyl (C=O) groups is 2. The van der Waals surface area contributed by atoms with E-state index in [1.54, 1.807) is 0 Å². The summed E-state index contributed by atoms with van der Waals surface area (Å²) in [4.78, 5) is 22.4. The van der Waals surface area contributed by atoms with Gasteiger partial charge in [-0.25, -0.2) is 0 Å². The van der Waals surface area contributed by atoms with Crippen molar-refractivity contribution in [3.63, 3.8) is 0 Å². The van der Waals surface area contributed by atoms with Crippen molar-refractivity contribution in [2.45, 2.75) is 22.7 Å². The molecule has 0 saturated carbocycles. The molecule has 1 aromatic carbocycles. The van der Waals surface area contributed by atoms with E-state index in [0.717, 1.165) is 23.9 Å². The van der Waals surface area contributed by atoms with Gasteiger partial charge in [0.1, 0.15) is 6.29 Å². The predicted molar refractivity (Wildman–Crippen MR) is 60.4 cm³/mol.